The lowest BCUT2D eigenvalue weighted by atomic mass is 9.92. The minimum absolute atomic E-state index is 0.174. The average molecular weight is 296 g/mol. The van der Waals surface area contributed by atoms with Crippen LogP contribution in [-0.2, 0) is 10.3 Å². The summed E-state index contributed by atoms with van der Waals surface area (Å²) in [7, 11) is 0. The van der Waals surface area contributed by atoms with Gasteiger partial charge in [0.1, 0.15) is 11.6 Å². The molecule has 1 aromatic carbocycles. The smallest absolute Gasteiger partial charge is 0.331 e. The van der Waals surface area contributed by atoms with Crippen LogP contribution in [0.25, 0.3) is 11.4 Å². The van der Waals surface area contributed by atoms with Crippen molar-refractivity contribution in [2.75, 3.05) is 0 Å². The van der Waals surface area contributed by atoms with E-state index in [1.807, 2.05) is 0 Å². The fraction of sp³-hybridized carbons (Fsp3) is 0.385. The molecule has 0 radical (unpaired) electrons. The summed E-state index contributed by atoms with van der Waals surface area (Å²) in [6, 6.07) is 3.35. The van der Waals surface area contributed by atoms with Crippen LogP contribution < -0.4 is 0 Å². The molecule has 0 amide bonds. The van der Waals surface area contributed by atoms with Crippen molar-refractivity contribution in [1.29, 1.82) is 0 Å². The first kappa shape index (κ1) is 15.0. The van der Waals surface area contributed by atoms with Gasteiger partial charge >= 0.3 is 5.97 Å². The first-order valence-electron chi connectivity index (χ1n) is 6.44. The van der Waals surface area contributed by atoms with Crippen molar-refractivity contribution < 1.29 is 18.7 Å². The SMILES string of the molecule is CCC(CC)(C(=O)O)n1nnnc1-c1c(F)cccc1F. The van der Waals surface area contributed by atoms with E-state index in [4.69, 9.17) is 0 Å². The first-order valence-corrected chi connectivity index (χ1v) is 6.44. The number of nitrogens with zero attached hydrogens (tertiary/aromatic N) is 4. The quantitative estimate of drug-likeness (QED) is 0.915. The van der Waals surface area contributed by atoms with Gasteiger partial charge in [-0.1, -0.05) is 19.9 Å². The maximum absolute atomic E-state index is 13.9. The predicted octanol–water partition coefficient (Wildman–Crippen LogP) is 2.22. The number of hydrogen-bond donors (Lipinski definition) is 1. The molecular weight excluding hydrogens is 282 g/mol. The predicted molar refractivity (Wildman–Crippen MR) is 69.4 cm³/mol. The van der Waals surface area contributed by atoms with Crippen LogP contribution in [0.15, 0.2) is 18.2 Å². The van der Waals surface area contributed by atoms with Gasteiger partial charge in [-0.25, -0.2) is 18.3 Å². The summed E-state index contributed by atoms with van der Waals surface area (Å²) in [5.74, 6) is -3.09. The number of carboxylic acids is 1. The van der Waals surface area contributed by atoms with Crippen molar-refractivity contribution >= 4 is 5.97 Å². The van der Waals surface area contributed by atoms with Crippen molar-refractivity contribution in [3.8, 4) is 11.4 Å². The molecule has 1 N–H and O–H groups in total. The Morgan fingerprint density at radius 3 is 2.33 bits per heavy atom. The molecule has 0 aliphatic heterocycles. The highest BCUT2D eigenvalue weighted by Gasteiger charge is 2.41. The first-order chi connectivity index (χ1) is 9.97. The minimum Gasteiger partial charge on any atom is -0.479 e. The van der Waals surface area contributed by atoms with Crippen LogP contribution in [0.5, 0.6) is 0 Å². The molecule has 6 nitrogen and oxygen atoms in total. The molecule has 2 aromatic rings. The van der Waals surface area contributed by atoms with Crippen LogP contribution in [0.1, 0.15) is 26.7 Å². The second-order valence-electron chi connectivity index (χ2n) is 4.55. The highest BCUT2D eigenvalue weighted by molar-refractivity contribution is 5.77. The van der Waals surface area contributed by atoms with Gasteiger partial charge in [-0.05, 0) is 35.4 Å². The topological polar surface area (TPSA) is 80.9 Å². The van der Waals surface area contributed by atoms with E-state index < -0.39 is 28.7 Å². The number of carbonyl (C=O) groups is 1. The van der Waals surface area contributed by atoms with Crippen LogP contribution in [0, 0.1) is 11.6 Å². The molecule has 112 valence electrons. The average Bonchev–Trinajstić information content (AvgIpc) is 2.90. The minimum atomic E-state index is -1.45. The van der Waals surface area contributed by atoms with Gasteiger partial charge in [0.25, 0.3) is 0 Å². The van der Waals surface area contributed by atoms with Gasteiger partial charge in [0.15, 0.2) is 11.4 Å². The lowest BCUT2D eigenvalue weighted by molar-refractivity contribution is -0.148. The van der Waals surface area contributed by atoms with Gasteiger partial charge in [0.05, 0.1) is 5.56 Å². The van der Waals surface area contributed by atoms with Crippen molar-refractivity contribution in [3.05, 3.63) is 29.8 Å². The Labute approximate surface area is 119 Å². The number of hydrogen-bond acceptors (Lipinski definition) is 4. The lowest BCUT2D eigenvalue weighted by Gasteiger charge is -2.27. The normalized spacial score (nSPS) is 11.6. The lowest BCUT2D eigenvalue weighted by Crippen LogP contribution is -2.42. The van der Waals surface area contributed by atoms with Gasteiger partial charge in [-0.3, -0.25) is 0 Å². The molecule has 0 unspecified atom stereocenters. The van der Waals surface area contributed by atoms with Crippen LogP contribution >= 0.6 is 0 Å². The highest BCUT2D eigenvalue weighted by Crippen LogP contribution is 2.31. The van der Waals surface area contributed by atoms with E-state index in [1.165, 1.54) is 6.07 Å². The number of rotatable bonds is 5. The summed E-state index contributed by atoms with van der Waals surface area (Å²) >= 11 is 0. The number of carboxylic acid groups (broad SMARTS) is 1. The van der Waals surface area contributed by atoms with Crippen LogP contribution in [0.2, 0.25) is 0 Å². The summed E-state index contributed by atoms with van der Waals surface area (Å²) in [6.07, 6.45) is 0.347. The summed E-state index contributed by atoms with van der Waals surface area (Å²) < 4.78 is 28.8. The monoisotopic (exact) mass is 296 g/mol. The van der Waals surface area contributed by atoms with E-state index in [9.17, 15) is 18.7 Å². The summed E-state index contributed by atoms with van der Waals surface area (Å²) in [5.41, 5.74) is -1.89. The molecule has 0 aliphatic carbocycles. The van der Waals surface area contributed by atoms with E-state index >= 15 is 0 Å². The molecule has 1 aromatic heterocycles. The van der Waals surface area contributed by atoms with E-state index in [1.54, 1.807) is 13.8 Å². The Morgan fingerprint density at radius 2 is 1.86 bits per heavy atom. The molecule has 0 spiro atoms. The molecular formula is C13H14F2N4O2. The number of aliphatic carboxylic acids is 1. The summed E-state index contributed by atoms with van der Waals surface area (Å²) in [6.45, 7) is 3.31. The summed E-state index contributed by atoms with van der Waals surface area (Å²) in [5, 5.41) is 20.2. The maximum Gasteiger partial charge on any atom is 0.331 e. The Morgan fingerprint density at radius 1 is 1.29 bits per heavy atom. The fourth-order valence-corrected chi connectivity index (χ4v) is 2.29. The Hall–Kier alpha value is -2.38. The number of aromatic nitrogens is 4. The van der Waals surface area contributed by atoms with Crippen LogP contribution in [0.4, 0.5) is 8.78 Å². The molecule has 8 heteroatoms. The number of halogens is 2. The highest BCUT2D eigenvalue weighted by atomic mass is 19.1. The van der Waals surface area contributed by atoms with Crippen molar-refractivity contribution in [2.24, 2.45) is 0 Å². The molecule has 21 heavy (non-hydrogen) atoms. The zero-order valence-corrected chi connectivity index (χ0v) is 11.5. The van der Waals surface area contributed by atoms with Crippen molar-refractivity contribution in [2.45, 2.75) is 32.2 Å². The standard InChI is InChI=1S/C13H14F2N4O2/c1-3-13(4-2,12(20)21)19-11(16-17-18-19)10-8(14)6-5-7-9(10)15/h5-7H,3-4H2,1-2H3,(H,20,21). The molecule has 0 bridgehead atoms. The molecule has 2 rings (SSSR count). The van der Waals surface area contributed by atoms with E-state index in [-0.39, 0.29) is 18.7 Å². The molecule has 0 atom stereocenters. The van der Waals surface area contributed by atoms with E-state index in [2.05, 4.69) is 15.5 Å². The Bertz CT molecular complexity index is 648. The maximum atomic E-state index is 13.9. The van der Waals surface area contributed by atoms with Crippen LogP contribution in [0.3, 0.4) is 0 Å². The third kappa shape index (κ3) is 2.26. The second kappa shape index (κ2) is 5.55. The van der Waals surface area contributed by atoms with Crippen molar-refractivity contribution in [1.82, 2.24) is 20.2 Å². The van der Waals surface area contributed by atoms with E-state index in [0.29, 0.717) is 0 Å². The molecule has 0 saturated carbocycles. The Balaban J connectivity index is 2.71. The Kier molecular flexibility index (Phi) is 3.97. The van der Waals surface area contributed by atoms with Gasteiger partial charge in [-0.2, -0.15) is 0 Å². The second-order valence-corrected chi connectivity index (χ2v) is 4.55. The third-order valence-electron chi connectivity index (χ3n) is 3.63. The zero-order valence-electron chi connectivity index (χ0n) is 11.5. The zero-order chi connectivity index (χ0) is 15.6. The summed E-state index contributed by atoms with van der Waals surface area (Å²) in [4.78, 5) is 11.6. The third-order valence-corrected chi connectivity index (χ3v) is 3.63. The largest absolute Gasteiger partial charge is 0.479 e. The van der Waals surface area contributed by atoms with Crippen molar-refractivity contribution in [3.63, 3.8) is 0 Å². The molecule has 1 heterocycles. The van der Waals surface area contributed by atoms with Crippen LogP contribution in [-0.4, -0.2) is 31.3 Å². The van der Waals surface area contributed by atoms with E-state index in [0.717, 1.165) is 16.8 Å². The molecule has 0 aliphatic rings. The number of tetrazole rings is 1. The molecule has 0 fully saturated rings. The molecule has 0 saturated heterocycles. The number of benzene rings is 1. The van der Waals surface area contributed by atoms with Gasteiger partial charge in [0.2, 0.25) is 0 Å². The van der Waals surface area contributed by atoms with Gasteiger partial charge < -0.3 is 5.11 Å². The van der Waals surface area contributed by atoms with Gasteiger partial charge in [-0.15, -0.1) is 5.10 Å². The fourth-order valence-electron chi connectivity index (χ4n) is 2.29. The van der Waals surface area contributed by atoms with Gasteiger partial charge in [0, 0.05) is 0 Å².